The molecule has 1 aliphatic heterocycles. The number of rotatable bonds is 20. The third-order valence-electron chi connectivity index (χ3n) is 10.2. The van der Waals surface area contributed by atoms with E-state index in [1.165, 1.54) is 0 Å². The minimum atomic E-state index is -3.78. The molecule has 1 saturated heterocycles. The highest BCUT2D eigenvalue weighted by Gasteiger charge is 2.58. The Labute approximate surface area is 352 Å². The molecule has 3 heterocycles. The number of pyridine rings is 1. The highest BCUT2D eigenvalue weighted by atomic mass is 28.4. The van der Waals surface area contributed by atoms with Gasteiger partial charge in [-0.25, -0.2) is 0 Å². The molecular weight excluding hydrogens is 800 g/mol. The predicted molar refractivity (Wildman–Crippen MR) is 225 cm³/mol. The molecule has 0 saturated carbocycles. The van der Waals surface area contributed by atoms with Crippen LogP contribution in [0.4, 0.5) is 9.93 Å². The number of amides is 2. The van der Waals surface area contributed by atoms with Crippen molar-refractivity contribution in [2.75, 3.05) is 110 Å². The molecular formula is C39H65FN10O9Si. The summed E-state index contributed by atoms with van der Waals surface area (Å²) in [5.74, 6) is -3.28. The van der Waals surface area contributed by atoms with Crippen molar-refractivity contribution in [2.45, 2.75) is 64.7 Å². The molecule has 0 radical (unpaired) electrons. The summed E-state index contributed by atoms with van der Waals surface area (Å²) in [6.45, 7) is 13.9. The van der Waals surface area contributed by atoms with E-state index in [9.17, 15) is 39.3 Å². The van der Waals surface area contributed by atoms with Gasteiger partial charge >= 0.3 is 26.3 Å². The van der Waals surface area contributed by atoms with E-state index in [0.29, 0.717) is 43.9 Å². The van der Waals surface area contributed by atoms with Crippen LogP contribution in [0.5, 0.6) is 0 Å². The minimum absolute atomic E-state index is 0.0241. The number of hydrogen-bond donors (Lipinski definition) is 6. The first kappa shape index (κ1) is 49.8. The van der Waals surface area contributed by atoms with Crippen LogP contribution in [0, 0.1) is 0 Å². The smallest absolute Gasteiger partial charge is 0.317 e. The Bertz CT molecular complexity index is 1660. The summed E-state index contributed by atoms with van der Waals surface area (Å²) in [5, 5.41) is 40.8. The summed E-state index contributed by atoms with van der Waals surface area (Å²) in [6.07, 6.45) is 3.33. The van der Waals surface area contributed by atoms with E-state index in [2.05, 4.69) is 26.0 Å². The predicted octanol–water partition coefficient (Wildman–Crippen LogP) is 0.337. The molecule has 2 amide bonds. The Balaban J connectivity index is 1.60. The van der Waals surface area contributed by atoms with Crippen molar-refractivity contribution >= 4 is 49.3 Å². The van der Waals surface area contributed by atoms with Gasteiger partial charge in [0, 0.05) is 83.9 Å². The SMILES string of the molecule is CC(C)(C)[Si](F)(c1cc(NCC(=O)NCc2cccnc2)nn1CCOCCNC(=O)CN1CCN(CC(=O)O)CCN(CC(=O)O)CCN(CC(=O)O)CC1)C(C)(C)C. The second-order valence-electron chi connectivity index (χ2n) is 17.0. The average molecular weight is 865 g/mol. The van der Waals surface area contributed by atoms with Crippen LogP contribution < -0.4 is 21.3 Å². The van der Waals surface area contributed by atoms with Gasteiger partial charge in [0.15, 0.2) is 0 Å². The summed E-state index contributed by atoms with van der Waals surface area (Å²) in [6, 6.07) is 5.35. The number of carboxylic acid groups (broad SMARTS) is 3. The van der Waals surface area contributed by atoms with Crippen molar-refractivity contribution in [1.29, 1.82) is 0 Å². The Hall–Kier alpha value is -4.54. The van der Waals surface area contributed by atoms with E-state index in [0.717, 1.165) is 5.56 Å². The number of ether oxygens (including phenoxy) is 1. The Morgan fingerprint density at radius 2 is 1.25 bits per heavy atom. The number of aromatic nitrogens is 3. The number of nitrogens with zero attached hydrogens (tertiary/aromatic N) is 7. The summed E-state index contributed by atoms with van der Waals surface area (Å²) in [5.41, 5.74) is 0.858. The summed E-state index contributed by atoms with van der Waals surface area (Å²) in [7, 11) is -3.78. The quantitative estimate of drug-likeness (QED) is 0.0598. The number of nitrogens with one attached hydrogen (secondary N) is 3. The molecule has 2 aromatic heterocycles. The molecule has 3 rings (SSSR count). The summed E-state index contributed by atoms with van der Waals surface area (Å²) >= 11 is 0. The number of aliphatic carboxylic acids is 3. The highest BCUT2D eigenvalue weighted by molar-refractivity contribution is 6.90. The number of hydrogen-bond acceptors (Lipinski definition) is 13. The molecule has 2 aromatic rings. The summed E-state index contributed by atoms with van der Waals surface area (Å²) < 4.78 is 25.1. The van der Waals surface area contributed by atoms with Gasteiger partial charge in [-0.2, -0.15) is 5.10 Å². The van der Waals surface area contributed by atoms with Crippen LogP contribution in [0.2, 0.25) is 10.1 Å². The maximum Gasteiger partial charge on any atom is 0.317 e. The second kappa shape index (κ2) is 23.5. The van der Waals surface area contributed by atoms with Crippen molar-refractivity contribution in [3.8, 4) is 0 Å². The van der Waals surface area contributed by atoms with E-state index in [1.807, 2.05) is 52.5 Å². The van der Waals surface area contributed by atoms with Gasteiger partial charge in [-0.05, 0) is 21.7 Å². The van der Waals surface area contributed by atoms with Crippen molar-refractivity contribution in [2.24, 2.45) is 0 Å². The molecule has 0 aromatic carbocycles. The van der Waals surface area contributed by atoms with E-state index >= 15 is 4.11 Å². The van der Waals surface area contributed by atoms with Crippen molar-refractivity contribution in [3.63, 3.8) is 0 Å². The fraction of sp³-hybridized carbons (Fsp3) is 0.667. The highest BCUT2D eigenvalue weighted by Crippen LogP contribution is 2.51. The lowest BCUT2D eigenvalue weighted by Crippen LogP contribution is -2.60. The van der Waals surface area contributed by atoms with Crippen molar-refractivity contribution in [1.82, 2.24) is 45.0 Å². The van der Waals surface area contributed by atoms with Gasteiger partial charge in [0.1, 0.15) is 5.82 Å². The van der Waals surface area contributed by atoms with Crippen LogP contribution >= 0.6 is 0 Å². The van der Waals surface area contributed by atoms with E-state index in [-0.39, 0.29) is 97.0 Å². The molecule has 1 aliphatic rings. The molecule has 0 bridgehead atoms. The minimum Gasteiger partial charge on any atom is -0.480 e. The van der Waals surface area contributed by atoms with Gasteiger partial charge in [-0.15, -0.1) is 0 Å². The van der Waals surface area contributed by atoms with Crippen molar-refractivity contribution < 1.29 is 48.1 Å². The molecule has 19 nitrogen and oxygen atoms in total. The molecule has 6 N–H and O–H groups in total. The average Bonchev–Trinajstić information content (AvgIpc) is 3.57. The lowest BCUT2D eigenvalue weighted by Gasteiger charge is -2.44. The van der Waals surface area contributed by atoms with Crippen LogP contribution in [0.1, 0.15) is 47.1 Å². The van der Waals surface area contributed by atoms with Gasteiger partial charge in [0.25, 0.3) is 0 Å². The second-order valence-corrected chi connectivity index (χ2v) is 21.9. The maximum atomic E-state index is 17.6. The normalized spacial score (nSPS) is 16.1. The first-order chi connectivity index (χ1) is 28.2. The lowest BCUT2D eigenvalue weighted by atomic mass is 10.2. The number of anilines is 1. The third kappa shape index (κ3) is 16.5. The number of halogens is 1. The third-order valence-corrected chi connectivity index (χ3v) is 15.5. The number of carbonyl (C=O) groups excluding carboxylic acids is 2. The van der Waals surface area contributed by atoms with Crippen LogP contribution in [-0.4, -0.2) is 193 Å². The zero-order valence-corrected chi connectivity index (χ0v) is 36.9. The summed E-state index contributed by atoms with van der Waals surface area (Å²) in [4.78, 5) is 71.3. The lowest BCUT2D eigenvalue weighted by molar-refractivity contribution is -0.140. The fourth-order valence-corrected chi connectivity index (χ4v) is 12.0. The maximum absolute atomic E-state index is 17.6. The molecule has 0 unspecified atom stereocenters. The van der Waals surface area contributed by atoms with E-state index < -0.39 is 36.4 Å². The Morgan fingerprint density at radius 3 is 1.70 bits per heavy atom. The largest absolute Gasteiger partial charge is 0.480 e. The molecule has 0 atom stereocenters. The van der Waals surface area contributed by atoms with E-state index in [1.54, 1.807) is 43.9 Å². The molecule has 21 heteroatoms. The Morgan fingerprint density at radius 1 is 0.750 bits per heavy atom. The zero-order valence-electron chi connectivity index (χ0n) is 35.9. The van der Waals surface area contributed by atoms with Crippen LogP contribution in [-0.2, 0) is 41.8 Å². The topological polar surface area (TPSA) is 235 Å². The first-order valence-electron chi connectivity index (χ1n) is 20.2. The number of carboxylic acids is 3. The molecule has 1 fully saturated rings. The van der Waals surface area contributed by atoms with Crippen LogP contribution in [0.3, 0.4) is 0 Å². The Kier molecular flexibility index (Phi) is 19.5. The van der Waals surface area contributed by atoms with Gasteiger partial charge in [-0.1, -0.05) is 47.6 Å². The molecule has 0 spiro atoms. The van der Waals surface area contributed by atoms with Crippen LogP contribution in [0.15, 0.2) is 30.6 Å². The fourth-order valence-electron chi connectivity index (χ4n) is 7.34. The number of carbonyl (C=O) groups is 5. The molecule has 60 heavy (non-hydrogen) atoms. The van der Waals surface area contributed by atoms with Gasteiger partial charge < -0.3 is 40.1 Å². The van der Waals surface area contributed by atoms with Gasteiger partial charge in [0.05, 0.1) is 57.8 Å². The van der Waals surface area contributed by atoms with Crippen molar-refractivity contribution in [3.05, 3.63) is 36.2 Å². The molecule has 0 aliphatic carbocycles. The van der Waals surface area contributed by atoms with Crippen LogP contribution in [0.25, 0.3) is 0 Å². The monoisotopic (exact) mass is 864 g/mol. The molecule has 336 valence electrons. The zero-order chi connectivity index (χ0) is 44.5. The van der Waals surface area contributed by atoms with Gasteiger partial charge in [-0.3, -0.25) is 53.2 Å². The standard InChI is InChI=1S/C39H65FN10O9Si/c1-38(2,3)60(40,39(4,5)6)34-22-31(43-25-32(51)44-24-30-8-7-9-41-23-30)45-50(34)19-21-59-20-10-42-33(52)26-46-11-13-47(27-35(53)54)15-17-49(29-37(57)58)18-16-48(14-12-46)28-36(55)56/h7-9,22-23H,10-21,24-29H2,1-6H3,(H,42,52)(H,43,45)(H,44,51)(H,53,54)(H,55,56)(H,57,58). The first-order valence-corrected chi connectivity index (χ1v) is 22.1. The van der Waals surface area contributed by atoms with Gasteiger partial charge in [0.2, 0.25) is 11.8 Å². The van der Waals surface area contributed by atoms with E-state index in [4.69, 9.17) is 4.74 Å².